The Balaban J connectivity index is 4.18. The van der Waals surface area contributed by atoms with Crippen molar-refractivity contribution in [2.45, 2.75) is 12.8 Å². The van der Waals surface area contributed by atoms with Crippen LogP contribution < -0.4 is 0 Å². The monoisotopic (exact) mass is 254 g/mol. The van der Waals surface area contributed by atoms with Gasteiger partial charge in [0.25, 0.3) is 10.2 Å². The van der Waals surface area contributed by atoms with Gasteiger partial charge in [-0.05, 0) is 12.8 Å². The van der Waals surface area contributed by atoms with E-state index in [-0.39, 0.29) is 6.61 Å². The topological polar surface area (TPSA) is 70.1 Å². The van der Waals surface area contributed by atoms with Crippen molar-refractivity contribution in [1.82, 2.24) is 8.61 Å². The van der Waals surface area contributed by atoms with Crippen molar-refractivity contribution in [1.29, 1.82) is 0 Å². The van der Waals surface area contributed by atoms with Gasteiger partial charge in [0.15, 0.2) is 0 Å². The van der Waals surface area contributed by atoms with Crippen LogP contribution in [0.25, 0.3) is 0 Å². The maximum Gasteiger partial charge on any atom is 0.281 e. The number of nitrogens with zero attached hydrogens (tertiary/aromatic N) is 2. The van der Waals surface area contributed by atoms with Gasteiger partial charge in [-0.1, -0.05) is 0 Å². The minimum absolute atomic E-state index is 0.00670. The molecule has 0 fully saturated rings. The highest BCUT2D eigenvalue weighted by molar-refractivity contribution is 7.86. The first-order valence-corrected chi connectivity index (χ1v) is 6.64. The SMILES string of the molecule is COCCCN(C)S(=O)(=O)N(C)CCCO. The molecule has 0 saturated carbocycles. The zero-order valence-electron chi connectivity index (χ0n) is 10.2. The number of aliphatic hydroxyl groups is 1. The fourth-order valence-electron chi connectivity index (χ4n) is 1.19. The highest BCUT2D eigenvalue weighted by Crippen LogP contribution is 2.05. The van der Waals surface area contributed by atoms with Crippen molar-refractivity contribution in [2.24, 2.45) is 0 Å². The molecule has 0 aromatic heterocycles. The number of hydrogen-bond donors (Lipinski definition) is 1. The number of methoxy groups -OCH3 is 1. The van der Waals surface area contributed by atoms with Crippen LogP contribution in [0.4, 0.5) is 0 Å². The van der Waals surface area contributed by atoms with E-state index in [1.165, 1.54) is 15.7 Å². The Labute approximate surface area is 98.0 Å². The van der Waals surface area contributed by atoms with Crippen molar-refractivity contribution >= 4 is 10.2 Å². The molecular formula is C9H22N2O4S. The Morgan fingerprint density at radius 3 is 2.06 bits per heavy atom. The van der Waals surface area contributed by atoms with E-state index in [1.54, 1.807) is 14.2 Å². The third-order valence-electron chi connectivity index (χ3n) is 2.24. The molecule has 0 saturated heterocycles. The molecule has 0 radical (unpaired) electrons. The maximum absolute atomic E-state index is 11.9. The molecule has 0 bridgehead atoms. The fraction of sp³-hybridized carbons (Fsp3) is 1.00. The quantitative estimate of drug-likeness (QED) is 0.564. The fourth-order valence-corrected chi connectivity index (χ4v) is 2.39. The second kappa shape index (κ2) is 7.97. The van der Waals surface area contributed by atoms with Gasteiger partial charge in [0.1, 0.15) is 0 Å². The van der Waals surface area contributed by atoms with E-state index in [2.05, 4.69) is 0 Å². The second-order valence-corrected chi connectivity index (χ2v) is 5.72. The highest BCUT2D eigenvalue weighted by Gasteiger charge is 2.22. The summed E-state index contributed by atoms with van der Waals surface area (Å²) in [5.41, 5.74) is 0. The van der Waals surface area contributed by atoms with E-state index >= 15 is 0 Å². The summed E-state index contributed by atoms with van der Waals surface area (Å²) in [5.74, 6) is 0. The molecular weight excluding hydrogens is 232 g/mol. The minimum Gasteiger partial charge on any atom is -0.396 e. The maximum atomic E-state index is 11.9. The Morgan fingerprint density at radius 1 is 1.12 bits per heavy atom. The average Bonchev–Trinajstić information content (AvgIpc) is 2.25. The molecule has 0 aromatic carbocycles. The van der Waals surface area contributed by atoms with E-state index in [9.17, 15) is 8.42 Å². The van der Waals surface area contributed by atoms with Gasteiger partial charge in [0, 0.05) is 47.5 Å². The van der Waals surface area contributed by atoms with E-state index in [0.717, 1.165) is 0 Å². The molecule has 1 N–H and O–H groups in total. The third kappa shape index (κ3) is 5.22. The molecule has 0 aliphatic rings. The Bertz CT molecular complexity index is 269. The molecule has 0 amide bonds. The normalized spacial score (nSPS) is 12.6. The molecule has 0 aliphatic heterocycles. The van der Waals surface area contributed by atoms with Crippen molar-refractivity contribution in [3.05, 3.63) is 0 Å². The van der Waals surface area contributed by atoms with Crippen LogP contribution in [0, 0.1) is 0 Å². The van der Waals surface area contributed by atoms with Gasteiger partial charge in [-0.2, -0.15) is 17.0 Å². The van der Waals surface area contributed by atoms with Crippen LogP contribution in [0.15, 0.2) is 0 Å². The van der Waals surface area contributed by atoms with Crippen LogP contribution in [0.2, 0.25) is 0 Å². The van der Waals surface area contributed by atoms with Gasteiger partial charge in [-0.15, -0.1) is 0 Å². The predicted molar refractivity (Wildman–Crippen MR) is 62.4 cm³/mol. The van der Waals surface area contributed by atoms with Crippen LogP contribution in [0.1, 0.15) is 12.8 Å². The molecule has 0 spiro atoms. The summed E-state index contributed by atoms with van der Waals surface area (Å²) in [6.45, 7) is 1.29. The summed E-state index contributed by atoms with van der Waals surface area (Å²) in [6.07, 6.45) is 1.11. The zero-order valence-corrected chi connectivity index (χ0v) is 11.0. The van der Waals surface area contributed by atoms with Crippen molar-refractivity contribution in [2.75, 3.05) is 47.5 Å². The zero-order chi connectivity index (χ0) is 12.6. The van der Waals surface area contributed by atoms with E-state index in [1.807, 2.05) is 0 Å². The molecule has 0 heterocycles. The van der Waals surface area contributed by atoms with Crippen molar-refractivity contribution < 1.29 is 18.3 Å². The first-order chi connectivity index (χ1) is 7.46. The standard InChI is InChI=1S/C9H22N2O4S/c1-10(6-4-8-12)16(13,14)11(2)7-5-9-15-3/h12H,4-9H2,1-3H3. The molecule has 0 aromatic rings. The third-order valence-corrected chi connectivity index (χ3v) is 4.18. The first-order valence-electron chi connectivity index (χ1n) is 5.24. The van der Waals surface area contributed by atoms with Gasteiger partial charge in [-0.25, -0.2) is 0 Å². The summed E-state index contributed by atoms with van der Waals surface area (Å²) in [7, 11) is 1.25. The van der Waals surface area contributed by atoms with Crippen LogP contribution in [-0.4, -0.2) is 69.6 Å². The molecule has 0 aliphatic carbocycles. The summed E-state index contributed by atoms with van der Waals surface area (Å²) in [6, 6.07) is 0. The van der Waals surface area contributed by atoms with Gasteiger partial charge in [-0.3, -0.25) is 0 Å². The van der Waals surface area contributed by atoms with Gasteiger partial charge < -0.3 is 9.84 Å². The predicted octanol–water partition coefficient (Wildman–Crippen LogP) is -0.486. The molecule has 6 nitrogen and oxygen atoms in total. The van der Waals surface area contributed by atoms with Crippen LogP contribution in [0.5, 0.6) is 0 Å². The van der Waals surface area contributed by atoms with E-state index in [4.69, 9.17) is 9.84 Å². The number of hydrogen-bond acceptors (Lipinski definition) is 4. The minimum atomic E-state index is -3.39. The van der Waals surface area contributed by atoms with Crippen molar-refractivity contribution in [3.8, 4) is 0 Å². The van der Waals surface area contributed by atoms with Crippen LogP contribution >= 0.6 is 0 Å². The summed E-state index contributed by atoms with van der Waals surface area (Å²) in [4.78, 5) is 0. The Morgan fingerprint density at radius 2 is 1.62 bits per heavy atom. The highest BCUT2D eigenvalue weighted by atomic mass is 32.2. The number of ether oxygens (including phenoxy) is 1. The van der Waals surface area contributed by atoms with Gasteiger partial charge >= 0.3 is 0 Å². The van der Waals surface area contributed by atoms with E-state index in [0.29, 0.717) is 32.5 Å². The lowest BCUT2D eigenvalue weighted by molar-refractivity contribution is 0.188. The Kier molecular flexibility index (Phi) is 7.86. The largest absolute Gasteiger partial charge is 0.396 e. The molecule has 0 rings (SSSR count). The summed E-state index contributed by atoms with van der Waals surface area (Å²) >= 11 is 0. The number of aliphatic hydroxyl groups excluding tert-OH is 1. The van der Waals surface area contributed by atoms with Gasteiger partial charge in [0.05, 0.1) is 0 Å². The molecule has 98 valence electrons. The molecule has 0 unspecified atom stereocenters. The first kappa shape index (κ1) is 15.8. The lowest BCUT2D eigenvalue weighted by Gasteiger charge is -2.24. The second-order valence-electron chi connectivity index (χ2n) is 3.57. The van der Waals surface area contributed by atoms with Crippen LogP contribution in [-0.2, 0) is 14.9 Å². The summed E-state index contributed by atoms with van der Waals surface area (Å²) < 4.78 is 31.1. The Hall–Kier alpha value is -0.210. The molecule has 0 atom stereocenters. The van der Waals surface area contributed by atoms with E-state index < -0.39 is 10.2 Å². The molecule has 7 heteroatoms. The smallest absolute Gasteiger partial charge is 0.281 e. The van der Waals surface area contributed by atoms with Gasteiger partial charge in [0.2, 0.25) is 0 Å². The lowest BCUT2D eigenvalue weighted by Crippen LogP contribution is -2.40. The molecule has 16 heavy (non-hydrogen) atoms. The number of rotatable bonds is 9. The van der Waals surface area contributed by atoms with Crippen molar-refractivity contribution in [3.63, 3.8) is 0 Å². The van der Waals surface area contributed by atoms with Crippen LogP contribution in [0.3, 0.4) is 0 Å². The lowest BCUT2D eigenvalue weighted by atomic mass is 10.5. The summed E-state index contributed by atoms with van der Waals surface area (Å²) in [5, 5.41) is 8.64. The average molecular weight is 254 g/mol.